The summed E-state index contributed by atoms with van der Waals surface area (Å²) in [5.74, 6) is 0.459. The van der Waals surface area contributed by atoms with Crippen molar-refractivity contribution in [1.29, 1.82) is 0 Å². The summed E-state index contributed by atoms with van der Waals surface area (Å²) in [5, 5.41) is 22.0. The maximum atomic E-state index is 11.9. The molecule has 7 nitrogen and oxygen atoms in total. The van der Waals surface area contributed by atoms with Crippen molar-refractivity contribution in [3.05, 3.63) is 39.9 Å². The van der Waals surface area contributed by atoms with Crippen molar-refractivity contribution in [3.8, 4) is 0 Å². The van der Waals surface area contributed by atoms with E-state index in [4.69, 9.17) is 0 Å². The highest BCUT2D eigenvalue weighted by Gasteiger charge is 2.17. The molecule has 0 saturated heterocycles. The minimum absolute atomic E-state index is 0.0699. The summed E-state index contributed by atoms with van der Waals surface area (Å²) in [5.41, 5.74) is 0.817. The van der Waals surface area contributed by atoms with E-state index in [0.717, 1.165) is 5.56 Å². The maximum absolute atomic E-state index is 11.9. The lowest BCUT2D eigenvalue weighted by Gasteiger charge is -2.16. The monoisotopic (exact) mass is 366 g/mol. The lowest BCUT2D eigenvalue weighted by molar-refractivity contribution is -0.384. The Morgan fingerprint density at radius 1 is 1.38 bits per heavy atom. The number of anilines is 1. The van der Waals surface area contributed by atoms with Crippen LogP contribution in [0.4, 0.5) is 10.8 Å². The van der Waals surface area contributed by atoms with Crippen molar-refractivity contribution < 1.29 is 9.72 Å². The molecule has 0 saturated carbocycles. The second-order valence-electron chi connectivity index (χ2n) is 6.37. The van der Waals surface area contributed by atoms with E-state index in [1.165, 1.54) is 29.2 Å². The standard InChI is InChI=1S/C15H18N4O3S2/c1-15(2,3)8-12(20)16-13-17-18-14(24-13)23-9-10-5-4-6-11(7-10)19(21)22/h4-7H,8-9H2,1-3H3,(H,16,17,20). The SMILES string of the molecule is CC(C)(C)CC(=O)Nc1nnc(SCc2cccc([N+](=O)[O-])c2)s1. The van der Waals surface area contributed by atoms with Crippen LogP contribution in [-0.4, -0.2) is 21.0 Å². The molecule has 1 N–H and O–H groups in total. The van der Waals surface area contributed by atoms with Gasteiger partial charge in [0.05, 0.1) is 4.92 Å². The summed E-state index contributed by atoms with van der Waals surface area (Å²) in [6, 6.07) is 6.49. The van der Waals surface area contributed by atoms with E-state index in [9.17, 15) is 14.9 Å². The molecule has 2 aromatic rings. The zero-order chi connectivity index (χ0) is 17.7. The Kier molecular flexibility index (Phi) is 5.89. The van der Waals surface area contributed by atoms with E-state index in [2.05, 4.69) is 15.5 Å². The molecule has 0 spiro atoms. The smallest absolute Gasteiger partial charge is 0.269 e. The topological polar surface area (TPSA) is 98.0 Å². The molecule has 1 aromatic heterocycles. The third-order valence-electron chi connectivity index (χ3n) is 2.83. The van der Waals surface area contributed by atoms with Gasteiger partial charge >= 0.3 is 0 Å². The fourth-order valence-corrected chi connectivity index (χ4v) is 3.58. The molecule has 0 atom stereocenters. The van der Waals surface area contributed by atoms with Crippen molar-refractivity contribution >= 4 is 39.8 Å². The fourth-order valence-electron chi connectivity index (χ4n) is 1.87. The summed E-state index contributed by atoms with van der Waals surface area (Å²) < 4.78 is 0.701. The van der Waals surface area contributed by atoms with E-state index in [-0.39, 0.29) is 17.0 Å². The Morgan fingerprint density at radius 2 is 2.12 bits per heavy atom. The number of amides is 1. The molecule has 0 radical (unpaired) electrons. The molecule has 1 aromatic carbocycles. The molecular weight excluding hydrogens is 348 g/mol. The van der Waals surface area contributed by atoms with Gasteiger partial charge in [0.1, 0.15) is 0 Å². The van der Waals surface area contributed by atoms with Crippen LogP contribution in [0.2, 0.25) is 0 Å². The quantitative estimate of drug-likeness (QED) is 0.357. The van der Waals surface area contributed by atoms with Crippen LogP contribution in [0.15, 0.2) is 28.6 Å². The first-order valence-corrected chi connectivity index (χ1v) is 9.03. The Morgan fingerprint density at radius 3 is 2.79 bits per heavy atom. The molecule has 0 aliphatic heterocycles. The van der Waals surface area contributed by atoms with E-state index < -0.39 is 4.92 Å². The second kappa shape index (κ2) is 7.71. The van der Waals surface area contributed by atoms with Gasteiger partial charge in [-0.3, -0.25) is 14.9 Å². The van der Waals surface area contributed by atoms with Crippen LogP contribution in [0.3, 0.4) is 0 Å². The third-order valence-corrected chi connectivity index (χ3v) is 4.87. The van der Waals surface area contributed by atoms with Gasteiger partial charge < -0.3 is 5.32 Å². The number of nitrogens with zero attached hydrogens (tertiary/aromatic N) is 3. The van der Waals surface area contributed by atoms with Gasteiger partial charge in [-0.2, -0.15) is 0 Å². The highest BCUT2D eigenvalue weighted by Crippen LogP contribution is 2.29. The molecular formula is C15H18N4O3S2. The number of non-ortho nitro benzene ring substituents is 1. The Bertz CT molecular complexity index is 740. The van der Waals surface area contributed by atoms with E-state index >= 15 is 0 Å². The van der Waals surface area contributed by atoms with Crippen LogP contribution in [0.25, 0.3) is 0 Å². The minimum atomic E-state index is -0.415. The number of benzene rings is 1. The average molecular weight is 366 g/mol. The summed E-state index contributed by atoms with van der Waals surface area (Å²) in [6.07, 6.45) is 0.405. The van der Waals surface area contributed by atoms with Crippen LogP contribution in [-0.2, 0) is 10.5 Å². The van der Waals surface area contributed by atoms with Gasteiger partial charge in [-0.1, -0.05) is 56.0 Å². The lowest BCUT2D eigenvalue weighted by atomic mass is 9.92. The molecule has 0 fully saturated rings. The molecule has 0 aliphatic rings. The van der Waals surface area contributed by atoms with Crippen molar-refractivity contribution in [3.63, 3.8) is 0 Å². The van der Waals surface area contributed by atoms with Crippen molar-refractivity contribution in [1.82, 2.24) is 10.2 Å². The number of hydrogen-bond acceptors (Lipinski definition) is 7. The van der Waals surface area contributed by atoms with Gasteiger partial charge in [-0.05, 0) is 11.0 Å². The molecule has 0 aliphatic carbocycles. The third kappa shape index (κ3) is 5.89. The van der Waals surface area contributed by atoms with Crippen LogP contribution >= 0.6 is 23.1 Å². The molecule has 0 bridgehead atoms. The summed E-state index contributed by atoms with van der Waals surface area (Å²) in [4.78, 5) is 22.2. The van der Waals surface area contributed by atoms with Crippen molar-refractivity contribution in [2.75, 3.05) is 5.32 Å². The number of nitrogens with one attached hydrogen (secondary N) is 1. The lowest BCUT2D eigenvalue weighted by Crippen LogP contribution is -2.19. The summed E-state index contributed by atoms with van der Waals surface area (Å²) >= 11 is 2.72. The zero-order valence-electron chi connectivity index (χ0n) is 13.6. The van der Waals surface area contributed by atoms with Crippen LogP contribution in [0.1, 0.15) is 32.8 Å². The first-order chi connectivity index (χ1) is 11.2. The number of rotatable bonds is 6. The van der Waals surface area contributed by atoms with Gasteiger partial charge in [-0.25, -0.2) is 0 Å². The van der Waals surface area contributed by atoms with E-state index in [0.29, 0.717) is 21.6 Å². The van der Waals surface area contributed by atoms with E-state index in [1.54, 1.807) is 12.1 Å². The van der Waals surface area contributed by atoms with Crippen molar-refractivity contribution in [2.24, 2.45) is 5.41 Å². The van der Waals surface area contributed by atoms with Gasteiger partial charge in [0.25, 0.3) is 5.69 Å². The van der Waals surface area contributed by atoms with Crippen molar-refractivity contribution in [2.45, 2.75) is 37.3 Å². The molecule has 24 heavy (non-hydrogen) atoms. The Hall–Kier alpha value is -2.00. The summed E-state index contributed by atoms with van der Waals surface area (Å²) in [6.45, 7) is 5.98. The van der Waals surface area contributed by atoms with Crippen LogP contribution in [0, 0.1) is 15.5 Å². The second-order valence-corrected chi connectivity index (χ2v) is 8.57. The van der Waals surface area contributed by atoms with Gasteiger partial charge in [-0.15, -0.1) is 10.2 Å². The van der Waals surface area contributed by atoms with Crippen LogP contribution < -0.4 is 5.32 Å². The Balaban J connectivity index is 1.91. The highest BCUT2D eigenvalue weighted by atomic mass is 32.2. The summed E-state index contributed by atoms with van der Waals surface area (Å²) in [7, 11) is 0. The maximum Gasteiger partial charge on any atom is 0.269 e. The number of carbonyl (C=O) groups excluding carboxylic acids is 1. The predicted octanol–water partition coefficient (Wildman–Crippen LogP) is 4.11. The molecule has 1 heterocycles. The van der Waals surface area contributed by atoms with Gasteiger partial charge in [0.2, 0.25) is 11.0 Å². The number of thioether (sulfide) groups is 1. The first-order valence-electron chi connectivity index (χ1n) is 7.22. The van der Waals surface area contributed by atoms with Crippen LogP contribution in [0.5, 0.6) is 0 Å². The first kappa shape index (κ1) is 18.3. The molecule has 1 amide bonds. The van der Waals surface area contributed by atoms with Gasteiger partial charge in [0.15, 0.2) is 4.34 Å². The van der Waals surface area contributed by atoms with Gasteiger partial charge in [0, 0.05) is 24.3 Å². The predicted molar refractivity (Wildman–Crippen MR) is 95.3 cm³/mol. The highest BCUT2D eigenvalue weighted by molar-refractivity contribution is 8.00. The zero-order valence-corrected chi connectivity index (χ0v) is 15.2. The fraction of sp³-hybridized carbons (Fsp3) is 0.400. The van der Waals surface area contributed by atoms with E-state index in [1.807, 2.05) is 26.8 Å². The number of aromatic nitrogens is 2. The normalized spacial score (nSPS) is 11.3. The minimum Gasteiger partial charge on any atom is -0.300 e. The molecule has 9 heteroatoms. The largest absolute Gasteiger partial charge is 0.300 e. The molecule has 128 valence electrons. The number of nitro groups is 1. The number of nitro benzene ring substituents is 1. The number of hydrogen-bond donors (Lipinski definition) is 1. The molecule has 0 unspecified atom stereocenters. The number of carbonyl (C=O) groups is 1. The molecule has 2 rings (SSSR count). The average Bonchev–Trinajstić information content (AvgIpc) is 2.90. The Labute approximate surface area is 148 Å².